The molecule has 0 bridgehead atoms. The van der Waals surface area contributed by atoms with Crippen LogP contribution in [-0.2, 0) is 25.6 Å². The Kier molecular flexibility index (Phi) is 8.48. The molecule has 7 nitrogen and oxygen atoms in total. The van der Waals surface area contributed by atoms with Crippen LogP contribution in [0.4, 0.5) is 8.78 Å². The Morgan fingerprint density at radius 3 is 2.22 bits per heavy atom. The number of esters is 1. The summed E-state index contributed by atoms with van der Waals surface area (Å²) in [7, 11) is 0. The van der Waals surface area contributed by atoms with Gasteiger partial charge in [0.15, 0.2) is 17.1 Å². The lowest BCUT2D eigenvalue weighted by Gasteiger charge is -2.43. The molecule has 5 aliphatic rings. The van der Waals surface area contributed by atoms with Crippen LogP contribution in [0.15, 0.2) is 65.1 Å². The molecule has 0 N–H and O–H groups in total. The lowest BCUT2D eigenvalue weighted by atomic mass is 9.81. The summed E-state index contributed by atoms with van der Waals surface area (Å²) in [4.78, 5) is 58.0. The number of hydrogen-bond acceptors (Lipinski definition) is 8. The summed E-state index contributed by atoms with van der Waals surface area (Å²) in [5, 5.41) is 0.296. The van der Waals surface area contributed by atoms with Crippen molar-refractivity contribution in [1.29, 1.82) is 0 Å². The Bertz CT molecular complexity index is 1960. The predicted octanol–water partition coefficient (Wildman–Crippen LogP) is 6.92. The highest BCUT2D eigenvalue weighted by Gasteiger charge is 2.52. The fraction of sp³-hybridized carbons (Fsp3) is 0.395. The maximum atomic E-state index is 15.6. The fourth-order valence-corrected chi connectivity index (χ4v) is 9.89. The van der Waals surface area contributed by atoms with E-state index in [0.717, 1.165) is 46.6 Å². The Morgan fingerprint density at radius 2 is 1.57 bits per heavy atom. The minimum atomic E-state index is -0.923. The molecule has 0 radical (unpaired) electrons. The Morgan fingerprint density at radius 1 is 0.918 bits per heavy atom. The van der Waals surface area contributed by atoms with E-state index in [-0.39, 0.29) is 34.1 Å². The van der Waals surface area contributed by atoms with Gasteiger partial charge < -0.3 is 4.74 Å². The maximum absolute atomic E-state index is 15.6. The molecule has 0 spiro atoms. The molecule has 2 fully saturated rings. The number of carbonyl (C=O) groups excluding carboxylic acids is 4. The topological polar surface area (TPSA) is 83.8 Å². The largest absolute Gasteiger partial charge is 0.416 e. The second kappa shape index (κ2) is 12.8. The first-order chi connectivity index (χ1) is 23.7. The van der Waals surface area contributed by atoms with E-state index in [4.69, 9.17) is 4.74 Å². The Hall–Kier alpha value is -3.80. The highest BCUT2D eigenvalue weighted by atomic mass is 32.2. The third-order valence-corrected chi connectivity index (χ3v) is 12.5. The van der Waals surface area contributed by atoms with Crippen molar-refractivity contribution in [1.82, 2.24) is 4.90 Å². The smallest absolute Gasteiger partial charge is 0.308 e. The van der Waals surface area contributed by atoms with Crippen molar-refractivity contribution >= 4 is 52.0 Å². The summed E-state index contributed by atoms with van der Waals surface area (Å²) >= 11 is 2.52. The van der Waals surface area contributed by atoms with Gasteiger partial charge in [-0.25, -0.2) is 13.4 Å². The van der Waals surface area contributed by atoms with Gasteiger partial charge in [-0.1, -0.05) is 42.1 Å². The lowest BCUT2D eigenvalue weighted by molar-refractivity contribution is -0.555. The molecule has 11 heteroatoms. The second-order valence-electron chi connectivity index (χ2n) is 13.6. The van der Waals surface area contributed by atoms with E-state index >= 15 is 8.78 Å². The minimum Gasteiger partial charge on any atom is -0.416 e. The van der Waals surface area contributed by atoms with E-state index in [1.54, 1.807) is 42.5 Å². The molecular formula is C38H35F2N2O5S2+. The summed E-state index contributed by atoms with van der Waals surface area (Å²) in [5.41, 5.74) is 2.10. The lowest BCUT2D eigenvalue weighted by Crippen LogP contribution is -2.46. The van der Waals surface area contributed by atoms with Crippen molar-refractivity contribution in [2.45, 2.75) is 63.6 Å². The second-order valence-corrected chi connectivity index (χ2v) is 15.8. The van der Waals surface area contributed by atoms with Gasteiger partial charge in [0, 0.05) is 52.6 Å². The van der Waals surface area contributed by atoms with E-state index in [1.165, 1.54) is 42.2 Å². The van der Waals surface area contributed by atoms with Gasteiger partial charge in [0.2, 0.25) is 16.9 Å². The number of nitrogens with zero attached hydrogens (tertiary/aromatic N) is 2. The van der Waals surface area contributed by atoms with E-state index in [1.807, 2.05) is 15.7 Å². The number of rotatable bonds is 10. The summed E-state index contributed by atoms with van der Waals surface area (Å²) < 4.78 is 38.3. The molecule has 1 aromatic heterocycles. The van der Waals surface area contributed by atoms with Gasteiger partial charge in [-0.15, -0.1) is 11.3 Å². The molecule has 2 saturated carbocycles. The quantitative estimate of drug-likeness (QED) is 0.168. The molecule has 4 unspecified atom stereocenters. The first-order valence-corrected chi connectivity index (χ1v) is 18.5. The molecule has 3 aliphatic heterocycles. The number of ketones is 2. The average molecular weight is 702 g/mol. The SMILES string of the molecule is CC(=O)Oc1cc2c(s1)CCN(C(C(=O)C1CC1)c1ccccc1F)C2C1C(=O)SC2=C1C=[N+](C(C(=O)C1CC1)c1ccccc1F)CC2. The van der Waals surface area contributed by atoms with Crippen LogP contribution < -0.4 is 4.74 Å². The molecule has 4 atom stereocenters. The van der Waals surface area contributed by atoms with Crippen molar-refractivity contribution in [3.8, 4) is 5.06 Å². The maximum Gasteiger partial charge on any atom is 0.308 e. The number of hydrogen-bond donors (Lipinski definition) is 0. The molecule has 3 aromatic rings. The van der Waals surface area contributed by atoms with Gasteiger partial charge in [-0.2, -0.15) is 0 Å². The average Bonchev–Trinajstić information content (AvgIpc) is 4.01. The summed E-state index contributed by atoms with van der Waals surface area (Å²) in [6, 6.07) is 12.1. The van der Waals surface area contributed by atoms with E-state index in [2.05, 4.69) is 0 Å². The minimum absolute atomic E-state index is 0.0287. The van der Waals surface area contributed by atoms with Crippen molar-refractivity contribution in [2.24, 2.45) is 17.8 Å². The van der Waals surface area contributed by atoms with Gasteiger partial charge in [-0.05, 0) is 61.9 Å². The van der Waals surface area contributed by atoms with Crippen LogP contribution in [0.5, 0.6) is 5.06 Å². The van der Waals surface area contributed by atoms with Crippen LogP contribution in [-0.4, -0.2) is 51.4 Å². The predicted molar refractivity (Wildman–Crippen MR) is 181 cm³/mol. The number of thiophene rings is 1. The van der Waals surface area contributed by atoms with Crippen LogP contribution in [0.1, 0.15) is 78.7 Å². The number of carbonyl (C=O) groups is 4. The summed E-state index contributed by atoms with van der Waals surface area (Å²) in [5.74, 6) is -2.56. The van der Waals surface area contributed by atoms with Crippen molar-refractivity contribution < 1.29 is 37.3 Å². The van der Waals surface area contributed by atoms with Crippen molar-refractivity contribution in [3.05, 3.63) is 98.3 Å². The number of Topliss-reactive ketones (excluding diaryl/α,β-unsaturated/α-hetero) is 2. The van der Waals surface area contributed by atoms with Gasteiger partial charge in [0.1, 0.15) is 18.2 Å². The third-order valence-electron chi connectivity index (χ3n) is 10.3. The normalized spacial score (nSPS) is 23.4. The molecule has 49 heavy (non-hydrogen) atoms. The number of halogens is 2. The molecule has 4 heterocycles. The van der Waals surface area contributed by atoms with Crippen molar-refractivity contribution in [3.63, 3.8) is 0 Å². The van der Waals surface area contributed by atoms with Crippen LogP contribution in [0.3, 0.4) is 0 Å². The molecule has 2 aromatic carbocycles. The van der Waals surface area contributed by atoms with Gasteiger partial charge >= 0.3 is 5.97 Å². The van der Waals surface area contributed by atoms with Gasteiger partial charge in [0.25, 0.3) is 0 Å². The zero-order valence-corrected chi connectivity index (χ0v) is 28.5. The number of ether oxygens (including phenoxy) is 1. The molecule has 252 valence electrons. The molecule has 0 saturated heterocycles. The number of thioether (sulfide) groups is 1. The van der Waals surface area contributed by atoms with Gasteiger partial charge in [0.05, 0.1) is 23.6 Å². The van der Waals surface area contributed by atoms with E-state index in [0.29, 0.717) is 36.6 Å². The number of fused-ring (bicyclic) bond motifs is 1. The molecule has 0 amide bonds. The molecule has 2 aliphatic carbocycles. The van der Waals surface area contributed by atoms with Crippen molar-refractivity contribution in [2.75, 3.05) is 13.1 Å². The standard InChI is InChI=1S/C38H35F2N2O5S2/c1-20(43)47-31-18-25-29(48-31)15-17-42(35(37(45)22-12-13-22)24-7-3-5-9-28(24)40)33(25)32-26-19-41(16-14-30(26)49-38(32)46)34(36(44)21-10-11-21)23-6-2-4-8-27(23)39/h2-9,18-19,21-22,32-35H,10-17H2,1H3/q+1. The van der Waals surface area contributed by atoms with E-state index in [9.17, 15) is 19.2 Å². The van der Waals surface area contributed by atoms with Crippen LogP contribution in [0, 0.1) is 29.4 Å². The number of benzene rings is 2. The first kappa shape index (κ1) is 32.4. The first-order valence-electron chi connectivity index (χ1n) is 16.9. The van der Waals surface area contributed by atoms with E-state index < -0.39 is 41.6 Å². The summed E-state index contributed by atoms with van der Waals surface area (Å²) in [6.07, 6.45) is 5.93. The van der Waals surface area contributed by atoms with Gasteiger partial charge in [-0.3, -0.25) is 24.1 Å². The Labute approximate surface area is 291 Å². The monoisotopic (exact) mass is 701 g/mol. The highest BCUT2D eigenvalue weighted by molar-refractivity contribution is 8.17. The summed E-state index contributed by atoms with van der Waals surface area (Å²) in [6.45, 7) is 2.16. The molecule has 8 rings (SSSR count). The third kappa shape index (κ3) is 6.04. The Balaban J connectivity index is 1.26. The highest BCUT2D eigenvalue weighted by Crippen LogP contribution is 2.54. The van der Waals surface area contributed by atoms with Crippen LogP contribution in [0.2, 0.25) is 0 Å². The van der Waals surface area contributed by atoms with Crippen LogP contribution in [0.25, 0.3) is 0 Å². The fourth-order valence-electron chi connectivity index (χ4n) is 7.70. The zero-order valence-electron chi connectivity index (χ0n) is 26.9. The molecular weight excluding hydrogens is 667 g/mol. The van der Waals surface area contributed by atoms with Crippen LogP contribution >= 0.6 is 23.1 Å². The zero-order chi connectivity index (χ0) is 34.0.